The SMILES string of the molecule is N#Cc1ccc(S[C@H]2SC[C@@H]3O[C@H]2[C@@H](O)[C@@H]3O)cc1. The summed E-state index contributed by atoms with van der Waals surface area (Å²) in [5.41, 5.74) is 0.633. The highest BCUT2D eigenvalue weighted by Gasteiger charge is 2.50. The van der Waals surface area contributed by atoms with Gasteiger partial charge in [0.25, 0.3) is 0 Å². The number of hydrogen-bond donors (Lipinski definition) is 2. The lowest BCUT2D eigenvalue weighted by atomic mass is 10.1. The van der Waals surface area contributed by atoms with Crippen molar-refractivity contribution < 1.29 is 14.9 Å². The van der Waals surface area contributed by atoms with Crippen molar-refractivity contribution in [1.29, 1.82) is 5.26 Å². The summed E-state index contributed by atoms with van der Waals surface area (Å²) in [5.74, 6) is 0.697. The van der Waals surface area contributed by atoms with E-state index in [9.17, 15) is 10.2 Å². The number of aliphatic hydroxyl groups is 2. The van der Waals surface area contributed by atoms with Crippen LogP contribution in [-0.2, 0) is 4.74 Å². The van der Waals surface area contributed by atoms with Crippen LogP contribution in [0.1, 0.15) is 5.56 Å². The number of ether oxygens (including phenoxy) is 1. The molecule has 1 aromatic rings. The molecule has 0 radical (unpaired) electrons. The first-order valence-electron chi connectivity index (χ1n) is 5.99. The molecule has 2 heterocycles. The molecule has 5 atom stereocenters. The van der Waals surface area contributed by atoms with E-state index in [1.165, 1.54) is 0 Å². The summed E-state index contributed by atoms with van der Waals surface area (Å²) in [4.78, 5) is 1.03. The van der Waals surface area contributed by atoms with Gasteiger partial charge in [-0.1, -0.05) is 0 Å². The molecule has 100 valence electrons. The fourth-order valence-electron chi connectivity index (χ4n) is 2.27. The zero-order valence-corrected chi connectivity index (χ0v) is 11.6. The average molecular weight is 295 g/mol. The lowest BCUT2D eigenvalue weighted by Crippen LogP contribution is -2.34. The molecule has 2 N–H and O–H groups in total. The molecule has 2 saturated heterocycles. The van der Waals surface area contributed by atoms with Crippen molar-refractivity contribution >= 4 is 23.5 Å². The minimum Gasteiger partial charge on any atom is -0.388 e. The Bertz CT molecular complexity index is 502. The molecule has 4 nitrogen and oxygen atoms in total. The van der Waals surface area contributed by atoms with Gasteiger partial charge in [0.1, 0.15) is 18.3 Å². The van der Waals surface area contributed by atoms with Crippen molar-refractivity contribution in [2.24, 2.45) is 0 Å². The predicted octanol–water partition coefficient (Wildman–Crippen LogP) is 1.21. The number of nitriles is 1. The van der Waals surface area contributed by atoms with Crippen LogP contribution in [0.5, 0.6) is 0 Å². The molecule has 1 aromatic carbocycles. The maximum absolute atomic E-state index is 9.95. The van der Waals surface area contributed by atoms with E-state index in [0.717, 1.165) is 4.90 Å². The number of aliphatic hydroxyl groups excluding tert-OH is 2. The van der Waals surface area contributed by atoms with Crippen molar-refractivity contribution in [3.63, 3.8) is 0 Å². The highest BCUT2D eigenvalue weighted by molar-refractivity contribution is 8.17. The van der Waals surface area contributed by atoms with Crippen LogP contribution >= 0.6 is 23.5 Å². The van der Waals surface area contributed by atoms with E-state index in [0.29, 0.717) is 11.3 Å². The molecular formula is C13H13NO3S2. The van der Waals surface area contributed by atoms with Gasteiger partial charge in [-0.15, -0.1) is 23.5 Å². The van der Waals surface area contributed by atoms with Gasteiger partial charge in [0.15, 0.2) is 0 Å². The Balaban J connectivity index is 1.71. The summed E-state index contributed by atoms with van der Waals surface area (Å²) in [6, 6.07) is 9.43. The third-order valence-corrected chi connectivity index (χ3v) is 6.19. The molecule has 2 fully saturated rings. The number of nitrogens with zero attached hydrogens (tertiary/aromatic N) is 1. The topological polar surface area (TPSA) is 73.5 Å². The summed E-state index contributed by atoms with van der Waals surface area (Å²) in [6.07, 6.45) is -2.16. The van der Waals surface area contributed by atoms with E-state index in [-0.39, 0.29) is 16.8 Å². The molecule has 0 aliphatic carbocycles. The quantitative estimate of drug-likeness (QED) is 0.854. The Morgan fingerprint density at radius 2 is 2.00 bits per heavy atom. The highest BCUT2D eigenvalue weighted by Crippen LogP contribution is 2.44. The molecule has 2 aliphatic heterocycles. The van der Waals surface area contributed by atoms with Gasteiger partial charge in [-0.25, -0.2) is 0 Å². The largest absolute Gasteiger partial charge is 0.388 e. The van der Waals surface area contributed by atoms with Crippen LogP contribution in [0.2, 0.25) is 0 Å². The van der Waals surface area contributed by atoms with Gasteiger partial charge in [0.2, 0.25) is 0 Å². The van der Waals surface area contributed by atoms with E-state index in [4.69, 9.17) is 10.00 Å². The zero-order valence-electron chi connectivity index (χ0n) is 9.97. The van der Waals surface area contributed by atoms with Gasteiger partial charge in [-0.2, -0.15) is 5.26 Å². The molecular weight excluding hydrogens is 282 g/mol. The predicted molar refractivity (Wildman–Crippen MR) is 73.9 cm³/mol. The van der Waals surface area contributed by atoms with Crippen LogP contribution in [0, 0.1) is 11.3 Å². The lowest BCUT2D eigenvalue weighted by molar-refractivity contribution is 0.0229. The maximum atomic E-state index is 9.95. The lowest BCUT2D eigenvalue weighted by Gasteiger charge is -2.28. The van der Waals surface area contributed by atoms with Gasteiger partial charge in [-0.3, -0.25) is 0 Å². The number of hydrogen-bond acceptors (Lipinski definition) is 6. The minimum absolute atomic E-state index is 0.0661. The van der Waals surface area contributed by atoms with Gasteiger partial charge in [-0.05, 0) is 24.3 Å². The van der Waals surface area contributed by atoms with Crippen LogP contribution in [0.3, 0.4) is 0 Å². The van der Waals surface area contributed by atoms with Crippen LogP contribution in [-0.4, -0.2) is 45.0 Å². The van der Waals surface area contributed by atoms with Crippen LogP contribution in [0.25, 0.3) is 0 Å². The van der Waals surface area contributed by atoms with E-state index in [1.807, 2.05) is 12.1 Å². The summed E-state index contributed by atoms with van der Waals surface area (Å²) in [7, 11) is 0. The molecule has 0 unspecified atom stereocenters. The van der Waals surface area contributed by atoms with Crippen LogP contribution in [0.4, 0.5) is 0 Å². The Morgan fingerprint density at radius 3 is 2.68 bits per heavy atom. The summed E-state index contributed by atoms with van der Waals surface area (Å²) in [6.45, 7) is 0. The van der Waals surface area contributed by atoms with Gasteiger partial charge in [0, 0.05) is 10.6 Å². The monoisotopic (exact) mass is 295 g/mol. The van der Waals surface area contributed by atoms with Crippen molar-refractivity contribution in [3.05, 3.63) is 29.8 Å². The van der Waals surface area contributed by atoms with E-state index < -0.39 is 12.2 Å². The fourth-order valence-corrected chi connectivity index (χ4v) is 5.10. The Labute approximate surface area is 119 Å². The zero-order chi connectivity index (χ0) is 13.4. The second-order valence-corrected chi connectivity index (χ2v) is 7.26. The molecule has 2 bridgehead atoms. The van der Waals surface area contributed by atoms with E-state index in [2.05, 4.69) is 6.07 Å². The third kappa shape index (κ3) is 2.49. The highest BCUT2D eigenvalue weighted by atomic mass is 32.2. The molecule has 3 rings (SSSR count). The Hall–Kier alpha value is -0.710. The first-order valence-corrected chi connectivity index (χ1v) is 7.92. The fraction of sp³-hybridized carbons (Fsp3) is 0.462. The minimum atomic E-state index is -0.809. The normalized spacial score (nSPS) is 37.0. The summed E-state index contributed by atoms with van der Waals surface area (Å²) >= 11 is 3.31. The molecule has 2 aliphatic rings. The molecule has 0 saturated carbocycles. The smallest absolute Gasteiger partial charge is 0.111 e. The molecule has 0 amide bonds. The Kier molecular flexibility index (Phi) is 3.74. The molecule has 0 spiro atoms. The maximum Gasteiger partial charge on any atom is 0.111 e. The number of thioether (sulfide) groups is 2. The molecule has 0 aromatic heterocycles. The second kappa shape index (κ2) is 5.35. The average Bonchev–Trinajstić information content (AvgIpc) is 2.68. The number of fused-ring (bicyclic) bond motifs is 2. The number of benzene rings is 1. The standard InChI is InChI=1S/C13H13NO3S2/c14-5-7-1-3-8(4-2-7)19-13-12-11(16)10(15)9(17-12)6-18-13/h1-4,9-13,15-16H,6H2/t9-,10+,11-,12-,13+/m0/s1. The summed E-state index contributed by atoms with van der Waals surface area (Å²) < 4.78 is 5.72. The Morgan fingerprint density at radius 1 is 1.26 bits per heavy atom. The van der Waals surface area contributed by atoms with E-state index in [1.54, 1.807) is 35.7 Å². The second-order valence-electron chi connectivity index (χ2n) is 4.58. The van der Waals surface area contributed by atoms with Crippen LogP contribution < -0.4 is 0 Å². The summed E-state index contributed by atoms with van der Waals surface area (Å²) in [5, 5.41) is 28.5. The van der Waals surface area contributed by atoms with E-state index >= 15 is 0 Å². The van der Waals surface area contributed by atoms with Crippen LogP contribution in [0.15, 0.2) is 29.2 Å². The van der Waals surface area contributed by atoms with Gasteiger partial charge >= 0.3 is 0 Å². The van der Waals surface area contributed by atoms with Crippen molar-refractivity contribution in [2.75, 3.05) is 5.75 Å². The number of rotatable bonds is 2. The van der Waals surface area contributed by atoms with Crippen molar-refractivity contribution in [1.82, 2.24) is 0 Å². The molecule has 19 heavy (non-hydrogen) atoms. The van der Waals surface area contributed by atoms with Gasteiger partial charge in [0.05, 0.1) is 22.3 Å². The first-order chi connectivity index (χ1) is 9.19. The van der Waals surface area contributed by atoms with Crippen molar-refractivity contribution in [2.45, 2.75) is 33.9 Å². The van der Waals surface area contributed by atoms with Gasteiger partial charge < -0.3 is 14.9 Å². The molecule has 6 heteroatoms. The first kappa shape index (κ1) is 13.3. The van der Waals surface area contributed by atoms with Crippen molar-refractivity contribution in [3.8, 4) is 6.07 Å². The third-order valence-electron chi connectivity index (χ3n) is 3.33.